The van der Waals surface area contributed by atoms with E-state index >= 15 is 0 Å². The number of aryl methyl sites for hydroxylation is 1. The van der Waals surface area contributed by atoms with E-state index in [0.717, 1.165) is 22.3 Å². The third-order valence-corrected chi connectivity index (χ3v) is 4.35. The Morgan fingerprint density at radius 2 is 1.63 bits per heavy atom. The minimum Gasteiger partial charge on any atom is -0.225 e. The van der Waals surface area contributed by atoms with Crippen molar-refractivity contribution in [2.24, 2.45) is 5.14 Å². The first-order valence-electron chi connectivity index (χ1n) is 6.05. The molecule has 4 heteroatoms. The largest absolute Gasteiger partial charge is 0.238 e. The van der Waals surface area contributed by atoms with Gasteiger partial charge in [0.25, 0.3) is 0 Å². The molecule has 100 valence electrons. The van der Waals surface area contributed by atoms with Crippen LogP contribution in [0, 0.1) is 13.8 Å². The van der Waals surface area contributed by atoms with Gasteiger partial charge in [0.2, 0.25) is 10.0 Å². The van der Waals surface area contributed by atoms with Crippen molar-refractivity contribution < 1.29 is 8.42 Å². The van der Waals surface area contributed by atoms with Crippen molar-refractivity contribution in [3.8, 4) is 0 Å². The molecule has 2 aromatic carbocycles. The van der Waals surface area contributed by atoms with Crippen molar-refractivity contribution >= 4 is 10.0 Å². The summed E-state index contributed by atoms with van der Waals surface area (Å²) in [6.07, 6.45) is 0.570. The second-order valence-electron chi connectivity index (χ2n) is 4.69. The molecule has 19 heavy (non-hydrogen) atoms. The molecular formula is C15H17NO2S. The Hall–Kier alpha value is -1.65. The highest BCUT2D eigenvalue weighted by atomic mass is 32.2. The summed E-state index contributed by atoms with van der Waals surface area (Å²) in [5.74, 6) is 0. The van der Waals surface area contributed by atoms with Gasteiger partial charge >= 0.3 is 0 Å². The van der Waals surface area contributed by atoms with Crippen LogP contribution in [0.25, 0.3) is 0 Å². The van der Waals surface area contributed by atoms with Crippen molar-refractivity contribution in [2.45, 2.75) is 25.2 Å². The number of primary sulfonamides is 1. The maximum absolute atomic E-state index is 11.7. The van der Waals surface area contributed by atoms with E-state index in [4.69, 9.17) is 5.14 Å². The van der Waals surface area contributed by atoms with Crippen LogP contribution in [0.1, 0.15) is 22.3 Å². The Morgan fingerprint density at radius 1 is 1.00 bits per heavy atom. The number of hydrogen-bond acceptors (Lipinski definition) is 2. The van der Waals surface area contributed by atoms with Gasteiger partial charge in [0, 0.05) is 0 Å². The lowest BCUT2D eigenvalue weighted by Crippen LogP contribution is -2.16. The topological polar surface area (TPSA) is 60.2 Å². The van der Waals surface area contributed by atoms with Crippen LogP contribution in [0.5, 0.6) is 0 Å². The molecule has 2 N–H and O–H groups in total. The molecule has 0 aliphatic heterocycles. The number of benzene rings is 2. The molecule has 0 fully saturated rings. The van der Waals surface area contributed by atoms with Gasteiger partial charge in [-0.25, -0.2) is 13.6 Å². The molecule has 0 atom stereocenters. The first-order valence-corrected chi connectivity index (χ1v) is 7.60. The highest BCUT2D eigenvalue weighted by Crippen LogP contribution is 2.24. The predicted molar refractivity (Wildman–Crippen MR) is 76.5 cm³/mol. The molecule has 0 aliphatic rings. The lowest BCUT2D eigenvalue weighted by atomic mass is 9.97. The average Bonchev–Trinajstić information content (AvgIpc) is 2.35. The maximum Gasteiger partial charge on any atom is 0.238 e. The Kier molecular flexibility index (Phi) is 3.73. The van der Waals surface area contributed by atoms with Crippen LogP contribution in [0.15, 0.2) is 47.4 Å². The summed E-state index contributed by atoms with van der Waals surface area (Å²) in [4.78, 5) is 0.222. The van der Waals surface area contributed by atoms with Crippen LogP contribution in [-0.4, -0.2) is 8.42 Å². The van der Waals surface area contributed by atoms with Crippen LogP contribution < -0.4 is 5.14 Å². The first kappa shape index (κ1) is 13.8. The van der Waals surface area contributed by atoms with Crippen LogP contribution >= 0.6 is 0 Å². The maximum atomic E-state index is 11.7. The Balaban J connectivity index is 2.58. The van der Waals surface area contributed by atoms with Crippen LogP contribution in [0.2, 0.25) is 0 Å². The Bertz CT molecular complexity index is 692. The minimum absolute atomic E-state index is 0.222. The molecule has 0 aliphatic carbocycles. The van der Waals surface area contributed by atoms with Gasteiger partial charge in [-0.2, -0.15) is 0 Å². The molecule has 0 amide bonds. The lowest BCUT2D eigenvalue weighted by molar-refractivity contribution is 0.596. The summed E-state index contributed by atoms with van der Waals surface area (Å²) in [7, 11) is -3.69. The fourth-order valence-corrected chi connectivity index (χ4v) is 2.96. The molecule has 0 heterocycles. The van der Waals surface area contributed by atoms with Gasteiger partial charge in [-0.05, 0) is 48.6 Å². The number of hydrogen-bond donors (Lipinski definition) is 1. The molecule has 3 nitrogen and oxygen atoms in total. The van der Waals surface area contributed by atoms with Gasteiger partial charge in [-0.3, -0.25) is 0 Å². The fraction of sp³-hybridized carbons (Fsp3) is 0.200. The van der Waals surface area contributed by atoms with E-state index in [1.807, 2.05) is 44.2 Å². The van der Waals surface area contributed by atoms with Crippen molar-refractivity contribution in [1.82, 2.24) is 0 Å². The zero-order valence-corrected chi connectivity index (χ0v) is 11.9. The van der Waals surface area contributed by atoms with Crippen molar-refractivity contribution in [2.75, 3.05) is 0 Å². The zero-order chi connectivity index (χ0) is 14.0. The third kappa shape index (κ3) is 3.03. The first-order chi connectivity index (χ1) is 8.89. The van der Waals surface area contributed by atoms with Gasteiger partial charge in [-0.1, -0.05) is 36.4 Å². The molecule has 0 radical (unpaired) electrons. The molecule has 0 spiro atoms. The van der Waals surface area contributed by atoms with E-state index in [0.29, 0.717) is 6.42 Å². The van der Waals surface area contributed by atoms with Crippen molar-refractivity contribution in [3.63, 3.8) is 0 Å². The Labute approximate surface area is 114 Å². The summed E-state index contributed by atoms with van der Waals surface area (Å²) in [6.45, 7) is 3.90. The quantitative estimate of drug-likeness (QED) is 0.935. The molecule has 0 unspecified atom stereocenters. The molecule has 2 rings (SSSR count). The minimum atomic E-state index is -3.69. The fourth-order valence-electron chi connectivity index (χ4n) is 2.14. The molecule has 0 saturated carbocycles. The van der Waals surface area contributed by atoms with Gasteiger partial charge < -0.3 is 0 Å². The second kappa shape index (κ2) is 5.15. The highest BCUT2D eigenvalue weighted by molar-refractivity contribution is 7.89. The summed E-state index contributed by atoms with van der Waals surface area (Å²) in [5, 5.41) is 5.30. The van der Waals surface area contributed by atoms with Crippen LogP contribution in [0.4, 0.5) is 0 Å². The second-order valence-corrected chi connectivity index (χ2v) is 6.22. The van der Waals surface area contributed by atoms with Gasteiger partial charge in [0.15, 0.2) is 0 Å². The van der Waals surface area contributed by atoms with E-state index in [1.165, 1.54) is 0 Å². The summed E-state index contributed by atoms with van der Waals surface area (Å²) >= 11 is 0. The molecule has 2 aromatic rings. The highest BCUT2D eigenvalue weighted by Gasteiger charge is 2.17. The predicted octanol–water partition coefficient (Wildman–Crippen LogP) is 2.54. The SMILES string of the molecule is Cc1ccc(S(N)(=O)=O)c(Cc2ccccc2)c1C. The summed E-state index contributed by atoms with van der Waals surface area (Å²) < 4.78 is 23.4. The summed E-state index contributed by atoms with van der Waals surface area (Å²) in [6, 6.07) is 13.2. The average molecular weight is 275 g/mol. The standard InChI is InChI=1S/C15H17NO2S/c1-11-8-9-15(19(16,17)18)14(12(11)2)10-13-6-4-3-5-7-13/h3-9H,10H2,1-2H3,(H2,16,17,18). The molecule has 0 bridgehead atoms. The van der Waals surface area contributed by atoms with Crippen LogP contribution in [-0.2, 0) is 16.4 Å². The van der Waals surface area contributed by atoms with Gasteiger partial charge in [0.05, 0.1) is 4.90 Å². The smallest absolute Gasteiger partial charge is 0.225 e. The van der Waals surface area contributed by atoms with Gasteiger partial charge in [-0.15, -0.1) is 0 Å². The van der Waals surface area contributed by atoms with E-state index in [1.54, 1.807) is 12.1 Å². The Morgan fingerprint density at radius 3 is 2.21 bits per heavy atom. The van der Waals surface area contributed by atoms with Crippen LogP contribution in [0.3, 0.4) is 0 Å². The van der Waals surface area contributed by atoms with Gasteiger partial charge in [0.1, 0.15) is 0 Å². The lowest BCUT2D eigenvalue weighted by Gasteiger charge is -2.13. The number of nitrogens with two attached hydrogens (primary N) is 1. The monoisotopic (exact) mass is 275 g/mol. The van der Waals surface area contributed by atoms with E-state index < -0.39 is 10.0 Å². The third-order valence-electron chi connectivity index (χ3n) is 3.36. The summed E-state index contributed by atoms with van der Waals surface area (Å²) in [5.41, 5.74) is 3.91. The molecule has 0 saturated heterocycles. The van der Waals surface area contributed by atoms with Crippen molar-refractivity contribution in [1.29, 1.82) is 0 Å². The number of rotatable bonds is 3. The van der Waals surface area contributed by atoms with E-state index in [9.17, 15) is 8.42 Å². The van der Waals surface area contributed by atoms with E-state index in [-0.39, 0.29) is 4.90 Å². The molecule has 0 aromatic heterocycles. The molecular weight excluding hydrogens is 258 g/mol. The number of sulfonamides is 1. The van der Waals surface area contributed by atoms with Crippen molar-refractivity contribution in [3.05, 3.63) is 64.7 Å². The van der Waals surface area contributed by atoms with E-state index in [2.05, 4.69) is 0 Å². The zero-order valence-electron chi connectivity index (χ0n) is 11.1. The normalized spacial score (nSPS) is 11.5.